The number of piperidine rings is 1. The van der Waals surface area contributed by atoms with Gasteiger partial charge in [-0.15, -0.1) is 0 Å². The summed E-state index contributed by atoms with van der Waals surface area (Å²) >= 11 is 0. The summed E-state index contributed by atoms with van der Waals surface area (Å²) in [5.41, 5.74) is 1.29. The first-order chi connectivity index (χ1) is 10.1. The summed E-state index contributed by atoms with van der Waals surface area (Å²) in [6.07, 6.45) is 5.01. The van der Waals surface area contributed by atoms with E-state index in [0.717, 1.165) is 13.0 Å². The summed E-state index contributed by atoms with van der Waals surface area (Å²) in [4.78, 5) is 2.61. The Bertz CT molecular complexity index is 410. The van der Waals surface area contributed by atoms with Gasteiger partial charge in [-0.05, 0) is 64.3 Å². The van der Waals surface area contributed by atoms with Gasteiger partial charge in [-0.2, -0.15) is 0 Å². The molecule has 0 bridgehead atoms. The van der Waals surface area contributed by atoms with Crippen LogP contribution in [-0.2, 0) is 6.42 Å². The van der Waals surface area contributed by atoms with E-state index >= 15 is 0 Å². The number of hydrogen-bond donors (Lipinski definition) is 2. The molecule has 0 saturated carbocycles. The fraction of sp³-hybridized carbons (Fsp3) is 0.667. The largest absolute Gasteiger partial charge is 0.508 e. The van der Waals surface area contributed by atoms with Gasteiger partial charge in [-0.1, -0.05) is 18.6 Å². The summed E-state index contributed by atoms with van der Waals surface area (Å²) in [5, 5.41) is 13.0. The molecule has 2 atom stereocenters. The van der Waals surface area contributed by atoms with Gasteiger partial charge in [-0.25, -0.2) is 0 Å². The Balaban J connectivity index is 1.94. The van der Waals surface area contributed by atoms with E-state index in [1.807, 2.05) is 12.1 Å². The molecule has 0 aromatic heterocycles. The molecule has 0 amide bonds. The van der Waals surface area contributed by atoms with Crippen molar-refractivity contribution in [1.29, 1.82) is 0 Å². The lowest BCUT2D eigenvalue weighted by Crippen LogP contribution is -2.49. The highest BCUT2D eigenvalue weighted by Crippen LogP contribution is 2.17. The second kappa shape index (κ2) is 7.81. The molecule has 2 unspecified atom stereocenters. The minimum Gasteiger partial charge on any atom is -0.508 e. The van der Waals surface area contributed by atoms with Crippen LogP contribution in [-0.4, -0.2) is 41.2 Å². The van der Waals surface area contributed by atoms with Gasteiger partial charge in [-0.3, -0.25) is 4.90 Å². The van der Waals surface area contributed by atoms with Gasteiger partial charge in [0.15, 0.2) is 0 Å². The fourth-order valence-electron chi connectivity index (χ4n) is 3.32. The Labute approximate surface area is 129 Å². The van der Waals surface area contributed by atoms with Crippen LogP contribution in [0.4, 0.5) is 0 Å². The van der Waals surface area contributed by atoms with Gasteiger partial charge in [0.1, 0.15) is 5.75 Å². The second-order valence-electron chi connectivity index (χ2n) is 6.66. The van der Waals surface area contributed by atoms with Gasteiger partial charge in [0.05, 0.1) is 0 Å². The third kappa shape index (κ3) is 5.01. The van der Waals surface area contributed by atoms with Crippen LogP contribution in [0.15, 0.2) is 24.3 Å². The van der Waals surface area contributed by atoms with Crippen molar-refractivity contribution in [3.05, 3.63) is 29.8 Å². The lowest BCUT2D eigenvalue weighted by molar-refractivity contribution is 0.137. The molecule has 1 aromatic rings. The van der Waals surface area contributed by atoms with E-state index < -0.39 is 0 Å². The van der Waals surface area contributed by atoms with Gasteiger partial charge in [0.25, 0.3) is 0 Å². The number of rotatable bonds is 6. The Morgan fingerprint density at radius 1 is 1.19 bits per heavy atom. The van der Waals surface area contributed by atoms with Crippen LogP contribution < -0.4 is 5.32 Å². The van der Waals surface area contributed by atoms with E-state index in [1.54, 1.807) is 12.1 Å². The summed E-state index contributed by atoms with van der Waals surface area (Å²) in [5.74, 6) is 0.346. The summed E-state index contributed by atoms with van der Waals surface area (Å²) < 4.78 is 0. The van der Waals surface area contributed by atoms with Crippen LogP contribution in [0.1, 0.15) is 45.6 Å². The molecule has 0 aliphatic carbocycles. The maximum absolute atomic E-state index is 9.39. The topological polar surface area (TPSA) is 35.5 Å². The number of nitrogens with zero attached hydrogens (tertiary/aromatic N) is 1. The van der Waals surface area contributed by atoms with Crippen molar-refractivity contribution in [1.82, 2.24) is 10.2 Å². The fourth-order valence-corrected chi connectivity index (χ4v) is 3.32. The van der Waals surface area contributed by atoms with Crippen LogP contribution in [0, 0.1) is 0 Å². The smallest absolute Gasteiger partial charge is 0.115 e. The Hall–Kier alpha value is -1.06. The van der Waals surface area contributed by atoms with Crippen LogP contribution >= 0.6 is 0 Å². The number of benzene rings is 1. The minimum absolute atomic E-state index is 0.346. The molecular formula is C18H30N2O. The molecule has 3 heteroatoms. The molecule has 0 radical (unpaired) electrons. The molecular weight excluding hydrogens is 260 g/mol. The highest BCUT2D eigenvalue weighted by atomic mass is 16.3. The van der Waals surface area contributed by atoms with Crippen molar-refractivity contribution in [2.75, 3.05) is 13.1 Å². The Morgan fingerprint density at radius 3 is 2.48 bits per heavy atom. The normalized spacial score (nSPS) is 20.9. The molecule has 1 heterocycles. The first-order valence-electron chi connectivity index (χ1n) is 8.33. The number of phenols is 1. The quantitative estimate of drug-likeness (QED) is 0.844. The Kier molecular flexibility index (Phi) is 6.07. The van der Waals surface area contributed by atoms with Crippen LogP contribution in [0.2, 0.25) is 0 Å². The maximum Gasteiger partial charge on any atom is 0.115 e. The predicted molar refractivity (Wildman–Crippen MR) is 88.8 cm³/mol. The molecule has 1 aromatic carbocycles. The minimum atomic E-state index is 0.346. The number of phenolic OH excluding ortho intramolecular Hbond substituents is 1. The molecule has 1 aliphatic heterocycles. The van der Waals surface area contributed by atoms with E-state index in [2.05, 4.69) is 31.0 Å². The molecule has 1 saturated heterocycles. The van der Waals surface area contributed by atoms with Gasteiger partial charge in [0.2, 0.25) is 0 Å². The van der Waals surface area contributed by atoms with Gasteiger partial charge >= 0.3 is 0 Å². The third-order valence-corrected chi connectivity index (χ3v) is 4.54. The average molecular weight is 290 g/mol. The van der Waals surface area contributed by atoms with Crippen LogP contribution in [0.3, 0.4) is 0 Å². The zero-order valence-corrected chi connectivity index (χ0v) is 13.7. The maximum atomic E-state index is 9.39. The molecule has 118 valence electrons. The zero-order chi connectivity index (χ0) is 15.2. The van der Waals surface area contributed by atoms with Crippen molar-refractivity contribution >= 4 is 0 Å². The number of hydrogen-bond acceptors (Lipinski definition) is 3. The number of nitrogens with one attached hydrogen (secondary N) is 1. The molecule has 21 heavy (non-hydrogen) atoms. The highest BCUT2D eigenvalue weighted by Gasteiger charge is 2.22. The van der Waals surface area contributed by atoms with E-state index in [0.29, 0.717) is 23.9 Å². The van der Waals surface area contributed by atoms with E-state index in [4.69, 9.17) is 0 Å². The molecule has 3 nitrogen and oxygen atoms in total. The lowest BCUT2D eigenvalue weighted by Gasteiger charge is -2.37. The van der Waals surface area contributed by atoms with E-state index in [1.165, 1.54) is 31.4 Å². The van der Waals surface area contributed by atoms with E-state index in [-0.39, 0.29) is 0 Å². The molecule has 0 spiro atoms. The SMILES string of the molecule is CC(C)N(CC1CCCCN1)C(C)Cc1ccc(O)cc1. The standard InChI is InChI=1S/C18H30N2O/c1-14(2)20(13-17-6-4-5-11-19-17)15(3)12-16-7-9-18(21)10-8-16/h7-10,14-15,17,19,21H,4-6,11-13H2,1-3H3. The Morgan fingerprint density at radius 2 is 1.90 bits per heavy atom. The van der Waals surface area contributed by atoms with Crippen molar-refractivity contribution in [2.45, 2.75) is 64.6 Å². The third-order valence-electron chi connectivity index (χ3n) is 4.54. The summed E-state index contributed by atoms with van der Waals surface area (Å²) in [6, 6.07) is 9.34. The van der Waals surface area contributed by atoms with Gasteiger partial charge < -0.3 is 10.4 Å². The monoisotopic (exact) mass is 290 g/mol. The molecule has 2 rings (SSSR count). The van der Waals surface area contributed by atoms with Gasteiger partial charge in [0, 0.05) is 24.7 Å². The zero-order valence-electron chi connectivity index (χ0n) is 13.7. The second-order valence-corrected chi connectivity index (χ2v) is 6.66. The molecule has 1 aliphatic rings. The first-order valence-corrected chi connectivity index (χ1v) is 8.33. The average Bonchev–Trinajstić information content (AvgIpc) is 2.48. The van der Waals surface area contributed by atoms with Crippen molar-refractivity contribution in [3.8, 4) is 5.75 Å². The van der Waals surface area contributed by atoms with Crippen molar-refractivity contribution < 1.29 is 5.11 Å². The lowest BCUT2D eigenvalue weighted by atomic mass is 10.0. The van der Waals surface area contributed by atoms with Crippen molar-refractivity contribution in [2.24, 2.45) is 0 Å². The first kappa shape index (κ1) is 16.3. The highest BCUT2D eigenvalue weighted by molar-refractivity contribution is 5.26. The predicted octanol–water partition coefficient (Wildman–Crippen LogP) is 3.18. The van der Waals surface area contributed by atoms with E-state index in [9.17, 15) is 5.11 Å². The summed E-state index contributed by atoms with van der Waals surface area (Å²) in [6.45, 7) is 9.20. The van der Waals surface area contributed by atoms with Crippen LogP contribution in [0.25, 0.3) is 0 Å². The van der Waals surface area contributed by atoms with Crippen LogP contribution in [0.5, 0.6) is 5.75 Å². The summed E-state index contributed by atoms with van der Waals surface area (Å²) in [7, 11) is 0. The molecule has 2 N–H and O–H groups in total. The van der Waals surface area contributed by atoms with Crippen molar-refractivity contribution in [3.63, 3.8) is 0 Å². The molecule has 1 fully saturated rings. The number of aromatic hydroxyl groups is 1.